The predicted molar refractivity (Wildman–Crippen MR) is 113 cm³/mol. The van der Waals surface area contributed by atoms with Crippen molar-refractivity contribution in [1.29, 1.82) is 0 Å². The van der Waals surface area contributed by atoms with Gasteiger partial charge in [-0.3, -0.25) is 24.3 Å². The number of nitrogens with one attached hydrogen (secondary N) is 1. The van der Waals surface area contributed by atoms with Crippen molar-refractivity contribution in [1.82, 2.24) is 9.88 Å². The summed E-state index contributed by atoms with van der Waals surface area (Å²) in [4.78, 5) is 42.8. The molecule has 2 aromatic carbocycles. The molecule has 0 saturated heterocycles. The van der Waals surface area contributed by atoms with Gasteiger partial charge in [0.1, 0.15) is 0 Å². The van der Waals surface area contributed by atoms with Gasteiger partial charge < -0.3 is 5.32 Å². The fraction of sp³-hybridized carbons (Fsp3) is 0.182. The Morgan fingerprint density at radius 1 is 1.00 bits per heavy atom. The molecule has 4 rings (SSSR count). The molecule has 0 bridgehead atoms. The van der Waals surface area contributed by atoms with Crippen molar-refractivity contribution in [3.8, 4) is 0 Å². The first-order valence-electron chi connectivity index (χ1n) is 9.16. The molecule has 148 valence electrons. The van der Waals surface area contributed by atoms with Crippen LogP contribution in [0.4, 0.5) is 5.69 Å². The van der Waals surface area contributed by atoms with Crippen LogP contribution >= 0.6 is 12.4 Å². The van der Waals surface area contributed by atoms with Crippen molar-refractivity contribution in [2.45, 2.75) is 19.8 Å². The van der Waals surface area contributed by atoms with Crippen LogP contribution in [0.5, 0.6) is 0 Å². The van der Waals surface area contributed by atoms with E-state index < -0.39 is 0 Å². The second kappa shape index (κ2) is 8.41. The number of rotatable bonds is 5. The van der Waals surface area contributed by atoms with Crippen molar-refractivity contribution < 1.29 is 14.4 Å². The van der Waals surface area contributed by atoms with Crippen LogP contribution in [0, 0.1) is 6.92 Å². The zero-order valence-corrected chi connectivity index (χ0v) is 16.7. The Hall–Kier alpha value is -3.25. The molecular weight excluding hydrogens is 390 g/mol. The maximum atomic E-state index is 12.4. The minimum atomic E-state index is -0.295. The van der Waals surface area contributed by atoms with Gasteiger partial charge in [-0.1, -0.05) is 30.3 Å². The highest BCUT2D eigenvalue weighted by atomic mass is 35.5. The van der Waals surface area contributed by atoms with Crippen molar-refractivity contribution in [2.75, 3.05) is 11.9 Å². The first kappa shape index (κ1) is 20.5. The Morgan fingerprint density at radius 3 is 2.31 bits per heavy atom. The summed E-state index contributed by atoms with van der Waals surface area (Å²) in [6.07, 6.45) is 0.613. The first-order chi connectivity index (χ1) is 13.5. The first-order valence-corrected chi connectivity index (χ1v) is 9.16. The van der Waals surface area contributed by atoms with E-state index in [9.17, 15) is 14.4 Å². The number of nitrogens with zero attached hydrogens (tertiary/aromatic N) is 2. The smallest absolute Gasteiger partial charge is 0.261 e. The SMILES string of the molecule is Cc1cc(NC(=O)CCCN2C(=O)c3ccccc3C2=O)c2ccccc2n1.Cl. The molecule has 0 unspecified atom stereocenters. The molecule has 0 fully saturated rings. The molecule has 0 spiro atoms. The minimum absolute atomic E-state index is 0. The molecule has 3 aromatic rings. The Bertz CT molecular complexity index is 1080. The number of hydrogen-bond donors (Lipinski definition) is 1. The zero-order valence-electron chi connectivity index (χ0n) is 15.8. The number of fused-ring (bicyclic) bond motifs is 2. The molecule has 0 saturated carbocycles. The third kappa shape index (κ3) is 3.98. The van der Waals surface area contributed by atoms with Crippen LogP contribution < -0.4 is 5.32 Å². The summed E-state index contributed by atoms with van der Waals surface area (Å²) in [6, 6.07) is 16.2. The Kier molecular flexibility index (Phi) is 5.94. The highest BCUT2D eigenvalue weighted by molar-refractivity contribution is 6.21. The van der Waals surface area contributed by atoms with E-state index >= 15 is 0 Å². The van der Waals surface area contributed by atoms with Crippen LogP contribution in [0.25, 0.3) is 10.9 Å². The fourth-order valence-electron chi connectivity index (χ4n) is 3.46. The summed E-state index contributed by atoms with van der Waals surface area (Å²) in [5.41, 5.74) is 3.21. The quantitative estimate of drug-likeness (QED) is 0.646. The molecule has 0 radical (unpaired) electrons. The number of benzene rings is 2. The third-order valence-corrected chi connectivity index (χ3v) is 4.78. The van der Waals surface area contributed by atoms with Crippen molar-refractivity contribution in [2.24, 2.45) is 0 Å². The molecule has 1 aliphatic rings. The van der Waals surface area contributed by atoms with Crippen molar-refractivity contribution in [3.05, 3.63) is 71.4 Å². The van der Waals surface area contributed by atoms with Gasteiger partial charge in [-0.15, -0.1) is 12.4 Å². The Morgan fingerprint density at radius 2 is 1.62 bits per heavy atom. The second-order valence-electron chi connectivity index (χ2n) is 6.79. The number of aromatic nitrogens is 1. The Labute approximate surface area is 174 Å². The normalized spacial score (nSPS) is 12.7. The molecule has 0 atom stereocenters. The number of carbonyl (C=O) groups is 3. The molecule has 3 amide bonds. The predicted octanol–water partition coefficient (Wildman–Crippen LogP) is 3.98. The molecule has 0 aliphatic carbocycles. The van der Waals surface area contributed by atoms with E-state index in [0.717, 1.165) is 16.6 Å². The lowest BCUT2D eigenvalue weighted by molar-refractivity contribution is -0.116. The molecule has 6 nitrogen and oxygen atoms in total. The standard InChI is InChI=1S/C22H19N3O3.ClH/c1-14-13-19(17-9-4-5-10-18(17)23-14)24-20(26)11-6-12-25-21(27)15-7-2-3-8-16(15)22(25)28;/h2-5,7-10,13H,6,11-12H2,1H3,(H,23,24,26);1H. The number of para-hydroxylation sites is 1. The second-order valence-corrected chi connectivity index (χ2v) is 6.79. The summed E-state index contributed by atoms with van der Waals surface area (Å²) in [6.45, 7) is 2.10. The van der Waals surface area contributed by atoms with Gasteiger partial charge in [-0.05, 0) is 37.6 Å². The van der Waals surface area contributed by atoms with Crippen LogP contribution in [0.2, 0.25) is 0 Å². The minimum Gasteiger partial charge on any atom is -0.325 e. The number of hydrogen-bond acceptors (Lipinski definition) is 4. The zero-order chi connectivity index (χ0) is 19.7. The summed E-state index contributed by atoms with van der Waals surface area (Å²) >= 11 is 0. The van der Waals surface area contributed by atoms with E-state index in [4.69, 9.17) is 0 Å². The average molecular weight is 410 g/mol. The highest BCUT2D eigenvalue weighted by Gasteiger charge is 2.34. The Balaban J connectivity index is 0.00000240. The van der Waals surface area contributed by atoms with Crippen LogP contribution in [0.15, 0.2) is 54.6 Å². The molecule has 29 heavy (non-hydrogen) atoms. The molecule has 1 aromatic heterocycles. The molecule has 7 heteroatoms. The molecule has 2 heterocycles. The van der Waals surface area contributed by atoms with Gasteiger partial charge in [-0.25, -0.2) is 0 Å². The van der Waals surface area contributed by atoms with Gasteiger partial charge in [0.2, 0.25) is 5.91 Å². The molecule has 1 N–H and O–H groups in total. The van der Waals surface area contributed by atoms with Gasteiger partial charge >= 0.3 is 0 Å². The monoisotopic (exact) mass is 409 g/mol. The number of anilines is 1. The van der Waals surface area contributed by atoms with E-state index in [1.54, 1.807) is 24.3 Å². The summed E-state index contributed by atoms with van der Waals surface area (Å²) in [5.74, 6) is -0.749. The maximum absolute atomic E-state index is 12.4. The van der Waals surface area contributed by atoms with Crippen LogP contribution in [-0.4, -0.2) is 34.2 Å². The van der Waals surface area contributed by atoms with E-state index in [2.05, 4.69) is 10.3 Å². The average Bonchev–Trinajstić information content (AvgIpc) is 2.93. The summed E-state index contributed by atoms with van der Waals surface area (Å²) < 4.78 is 0. The molecular formula is C22H20ClN3O3. The lowest BCUT2D eigenvalue weighted by atomic mass is 10.1. The maximum Gasteiger partial charge on any atom is 0.261 e. The lowest BCUT2D eigenvalue weighted by Crippen LogP contribution is -2.31. The summed E-state index contributed by atoms with van der Waals surface area (Å²) in [5, 5.41) is 3.80. The summed E-state index contributed by atoms with van der Waals surface area (Å²) in [7, 11) is 0. The number of pyridine rings is 1. The van der Waals surface area contributed by atoms with Gasteiger partial charge in [0, 0.05) is 24.0 Å². The highest BCUT2D eigenvalue weighted by Crippen LogP contribution is 2.24. The topological polar surface area (TPSA) is 79.4 Å². The number of amides is 3. The van der Waals surface area contributed by atoms with Gasteiger partial charge in [0.25, 0.3) is 11.8 Å². The lowest BCUT2D eigenvalue weighted by Gasteiger charge is -2.14. The number of imide groups is 1. The van der Waals surface area contributed by atoms with Crippen molar-refractivity contribution in [3.63, 3.8) is 0 Å². The van der Waals surface area contributed by atoms with Crippen LogP contribution in [0.3, 0.4) is 0 Å². The van der Waals surface area contributed by atoms with Crippen LogP contribution in [0.1, 0.15) is 39.3 Å². The number of carbonyl (C=O) groups excluding carboxylic acids is 3. The molecule has 1 aliphatic heterocycles. The van der Waals surface area contributed by atoms with Crippen molar-refractivity contribution >= 4 is 46.7 Å². The van der Waals surface area contributed by atoms with Gasteiger partial charge in [0.05, 0.1) is 22.3 Å². The fourth-order valence-corrected chi connectivity index (χ4v) is 3.46. The van der Waals surface area contributed by atoms with E-state index in [1.807, 2.05) is 37.3 Å². The van der Waals surface area contributed by atoms with Gasteiger partial charge in [0.15, 0.2) is 0 Å². The largest absolute Gasteiger partial charge is 0.325 e. The number of halogens is 1. The third-order valence-electron chi connectivity index (χ3n) is 4.78. The van der Waals surface area contributed by atoms with E-state index in [-0.39, 0.29) is 43.1 Å². The van der Waals surface area contributed by atoms with Gasteiger partial charge in [-0.2, -0.15) is 0 Å². The van der Waals surface area contributed by atoms with E-state index in [1.165, 1.54) is 4.90 Å². The van der Waals surface area contributed by atoms with E-state index in [0.29, 0.717) is 23.2 Å². The number of aryl methyl sites for hydroxylation is 1. The van der Waals surface area contributed by atoms with Crippen LogP contribution in [-0.2, 0) is 4.79 Å².